The van der Waals surface area contributed by atoms with Gasteiger partial charge < -0.3 is 10.3 Å². The molecule has 88 valence electrons. The average Bonchev–Trinajstić information content (AvgIpc) is 3.06. The molecule has 0 aliphatic heterocycles. The fourth-order valence-corrected chi connectivity index (χ4v) is 2.24. The fraction of sp³-hybridized carbons (Fsp3) is 0.333. The summed E-state index contributed by atoms with van der Waals surface area (Å²) >= 11 is 6.20. The molecule has 0 spiro atoms. The Bertz CT molecular complexity index is 572. The molecule has 3 rings (SSSR count). The molecule has 2 N–H and O–H groups in total. The van der Waals surface area contributed by atoms with E-state index in [0.717, 1.165) is 17.2 Å². The topological polar surface area (TPSA) is 56.7 Å². The second-order valence-electron chi connectivity index (χ2n) is 4.41. The van der Waals surface area contributed by atoms with Crippen molar-refractivity contribution in [2.24, 2.45) is 0 Å². The third kappa shape index (κ3) is 1.78. The molecule has 1 saturated carbocycles. The molecule has 1 aromatic carbocycles. The Balaban J connectivity index is 2.17. The molecular formula is C12H13ClN4. The summed E-state index contributed by atoms with van der Waals surface area (Å²) in [6, 6.07) is 5.96. The summed E-state index contributed by atoms with van der Waals surface area (Å²) < 4.78 is 2.15. The van der Waals surface area contributed by atoms with Crippen LogP contribution >= 0.6 is 11.6 Å². The van der Waals surface area contributed by atoms with Gasteiger partial charge in [-0.05, 0) is 38.0 Å². The van der Waals surface area contributed by atoms with Crippen LogP contribution in [0.15, 0.2) is 18.2 Å². The molecule has 2 aromatic rings. The van der Waals surface area contributed by atoms with Crippen molar-refractivity contribution in [2.75, 3.05) is 5.73 Å². The van der Waals surface area contributed by atoms with E-state index in [2.05, 4.69) is 14.8 Å². The van der Waals surface area contributed by atoms with Gasteiger partial charge in [0.25, 0.3) is 0 Å². The standard InChI is InChI=1S/C12H13ClN4/c1-7-15-16-12(17(7)9-3-4-9)10-6-8(14)2-5-11(10)13/h2,5-6,9H,3-4,14H2,1H3. The van der Waals surface area contributed by atoms with Gasteiger partial charge in [0.2, 0.25) is 0 Å². The monoisotopic (exact) mass is 248 g/mol. The van der Waals surface area contributed by atoms with Crippen molar-refractivity contribution in [2.45, 2.75) is 25.8 Å². The fourth-order valence-electron chi connectivity index (χ4n) is 2.04. The largest absolute Gasteiger partial charge is 0.399 e. The van der Waals surface area contributed by atoms with Gasteiger partial charge in [0.05, 0.1) is 5.02 Å². The van der Waals surface area contributed by atoms with Crippen LogP contribution in [0.1, 0.15) is 24.7 Å². The highest BCUT2D eigenvalue weighted by molar-refractivity contribution is 6.33. The van der Waals surface area contributed by atoms with Gasteiger partial charge in [0.1, 0.15) is 5.82 Å². The maximum atomic E-state index is 6.20. The molecule has 17 heavy (non-hydrogen) atoms. The SMILES string of the molecule is Cc1nnc(-c2cc(N)ccc2Cl)n1C1CC1. The molecule has 1 aliphatic rings. The van der Waals surface area contributed by atoms with Crippen LogP contribution in [0.4, 0.5) is 5.69 Å². The Morgan fingerprint density at radius 1 is 1.35 bits per heavy atom. The Hall–Kier alpha value is -1.55. The van der Waals surface area contributed by atoms with Crippen LogP contribution in [0.3, 0.4) is 0 Å². The van der Waals surface area contributed by atoms with E-state index < -0.39 is 0 Å². The predicted molar refractivity (Wildman–Crippen MR) is 67.9 cm³/mol. The van der Waals surface area contributed by atoms with Gasteiger partial charge in [0, 0.05) is 17.3 Å². The van der Waals surface area contributed by atoms with Crippen molar-refractivity contribution in [1.82, 2.24) is 14.8 Å². The first-order valence-electron chi connectivity index (χ1n) is 5.63. The molecule has 1 aliphatic carbocycles. The molecule has 5 heteroatoms. The molecular weight excluding hydrogens is 236 g/mol. The summed E-state index contributed by atoms with van der Waals surface area (Å²) in [5, 5.41) is 9.02. The minimum Gasteiger partial charge on any atom is -0.399 e. The predicted octanol–water partition coefficient (Wildman–Crippen LogP) is 2.82. The summed E-state index contributed by atoms with van der Waals surface area (Å²) in [5.41, 5.74) is 7.35. The average molecular weight is 249 g/mol. The first kappa shape index (κ1) is 10.6. The highest BCUT2D eigenvalue weighted by atomic mass is 35.5. The number of hydrogen-bond acceptors (Lipinski definition) is 3. The minimum atomic E-state index is 0.525. The second kappa shape index (κ2) is 3.74. The van der Waals surface area contributed by atoms with Gasteiger partial charge in [0.15, 0.2) is 5.82 Å². The third-order valence-electron chi connectivity index (χ3n) is 3.01. The lowest BCUT2D eigenvalue weighted by Gasteiger charge is -2.08. The molecule has 4 nitrogen and oxygen atoms in total. The van der Waals surface area contributed by atoms with E-state index in [1.54, 1.807) is 12.1 Å². The zero-order valence-electron chi connectivity index (χ0n) is 9.52. The van der Waals surface area contributed by atoms with Crippen LogP contribution in [0, 0.1) is 6.92 Å². The molecule has 0 amide bonds. The maximum Gasteiger partial charge on any atom is 0.165 e. The zero-order valence-corrected chi connectivity index (χ0v) is 10.3. The molecule has 0 radical (unpaired) electrons. The van der Waals surface area contributed by atoms with Crippen LogP contribution in [0.5, 0.6) is 0 Å². The number of nitrogen functional groups attached to an aromatic ring is 1. The van der Waals surface area contributed by atoms with Crippen LogP contribution in [-0.2, 0) is 0 Å². The number of anilines is 1. The molecule has 1 fully saturated rings. The summed E-state index contributed by atoms with van der Waals surface area (Å²) in [5.74, 6) is 1.75. The summed E-state index contributed by atoms with van der Waals surface area (Å²) in [6.07, 6.45) is 2.37. The molecule has 1 heterocycles. The Morgan fingerprint density at radius 2 is 2.12 bits per heavy atom. The van der Waals surface area contributed by atoms with E-state index in [1.807, 2.05) is 13.0 Å². The molecule has 0 unspecified atom stereocenters. The minimum absolute atomic E-state index is 0.525. The molecule has 0 bridgehead atoms. The first-order valence-corrected chi connectivity index (χ1v) is 6.01. The van der Waals surface area contributed by atoms with Gasteiger partial charge >= 0.3 is 0 Å². The smallest absolute Gasteiger partial charge is 0.165 e. The molecule has 0 atom stereocenters. The Morgan fingerprint density at radius 3 is 2.82 bits per heavy atom. The zero-order chi connectivity index (χ0) is 12.0. The number of aromatic nitrogens is 3. The molecule has 0 saturated heterocycles. The van der Waals surface area contributed by atoms with Gasteiger partial charge in [-0.15, -0.1) is 10.2 Å². The number of nitrogens with zero attached hydrogens (tertiary/aromatic N) is 3. The van der Waals surface area contributed by atoms with Crippen molar-refractivity contribution >= 4 is 17.3 Å². The van der Waals surface area contributed by atoms with Crippen molar-refractivity contribution in [3.05, 3.63) is 29.0 Å². The van der Waals surface area contributed by atoms with E-state index in [1.165, 1.54) is 12.8 Å². The van der Waals surface area contributed by atoms with E-state index in [4.69, 9.17) is 17.3 Å². The van der Waals surface area contributed by atoms with Gasteiger partial charge in [-0.3, -0.25) is 0 Å². The highest BCUT2D eigenvalue weighted by Gasteiger charge is 2.29. The van der Waals surface area contributed by atoms with Crippen molar-refractivity contribution in [3.63, 3.8) is 0 Å². The number of halogens is 1. The van der Waals surface area contributed by atoms with Crippen molar-refractivity contribution in [1.29, 1.82) is 0 Å². The van der Waals surface area contributed by atoms with Gasteiger partial charge in [-0.25, -0.2) is 0 Å². The summed E-state index contributed by atoms with van der Waals surface area (Å²) in [6.45, 7) is 1.97. The lowest BCUT2D eigenvalue weighted by molar-refractivity contribution is 0.717. The quantitative estimate of drug-likeness (QED) is 0.832. The lowest BCUT2D eigenvalue weighted by atomic mass is 10.2. The van der Waals surface area contributed by atoms with Crippen LogP contribution in [-0.4, -0.2) is 14.8 Å². The highest BCUT2D eigenvalue weighted by Crippen LogP contribution is 2.40. The van der Waals surface area contributed by atoms with E-state index in [9.17, 15) is 0 Å². The van der Waals surface area contributed by atoms with Crippen LogP contribution in [0.2, 0.25) is 5.02 Å². The van der Waals surface area contributed by atoms with E-state index in [-0.39, 0.29) is 0 Å². The number of nitrogens with two attached hydrogens (primary N) is 1. The van der Waals surface area contributed by atoms with Gasteiger partial charge in [-0.1, -0.05) is 11.6 Å². The summed E-state index contributed by atoms with van der Waals surface area (Å²) in [7, 11) is 0. The van der Waals surface area contributed by atoms with Crippen molar-refractivity contribution < 1.29 is 0 Å². The normalized spacial score (nSPS) is 15.2. The Kier molecular flexibility index (Phi) is 2.33. The second-order valence-corrected chi connectivity index (χ2v) is 4.82. The first-order chi connectivity index (χ1) is 8.16. The Labute approximate surface area is 104 Å². The van der Waals surface area contributed by atoms with Crippen LogP contribution in [0.25, 0.3) is 11.4 Å². The lowest BCUT2D eigenvalue weighted by Crippen LogP contribution is -2.00. The van der Waals surface area contributed by atoms with Crippen LogP contribution < -0.4 is 5.73 Å². The number of benzene rings is 1. The third-order valence-corrected chi connectivity index (χ3v) is 3.34. The number of hydrogen-bond donors (Lipinski definition) is 1. The number of aryl methyl sites for hydroxylation is 1. The summed E-state index contributed by atoms with van der Waals surface area (Å²) in [4.78, 5) is 0. The molecule has 1 aromatic heterocycles. The van der Waals surface area contributed by atoms with E-state index >= 15 is 0 Å². The number of rotatable bonds is 2. The maximum absolute atomic E-state index is 6.20. The van der Waals surface area contributed by atoms with E-state index in [0.29, 0.717) is 16.8 Å². The van der Waals surface area contributed by atoms with Gasteiger partial charge in [-0.2, -0.15) is 0 Å². The van der Waals surface area contributed by atoms with Crippen molar-refractivity contribution in [3.8, 4) is 11.4 Å².